The van der Waals surface area contributed by atoms with Crippen LogP contribution in [0.3, 0.4) is 0 Å². The number of phenols is 2. The molecule has 0 aliphatic heterocycles. The van der Waals surface area contributed by atoms with Crippen LogP contribution in [0.25, 0.3) is 22.5 Å². The Morgan fingerprint density at radius 3 is 1.90 bits per heavy atom. The van der Waals surface area contributed by atoms with Gasteiger partial charge in [-0.05, 0) is 48.5 Å². The predicted molar refractivity (Wildman–Crippen MR) is 77.5 cm³/mol. The summed E-state index contributed by atoms with van der Waals surface area (Å²) in [4.78, 5) is 0. The van der Waals surface area contributed by atoms with Crippen LogP contribution >= 0.6 is 0 Å². The van der Waals surface area contributed by atoms with E-state index in [0.717, 1.165) is 11.1 Å². The van der Waals surface area contributed by atoms with E-state index in [2.05, 4.69) is 16.3 Å². The fraction of sp³-hybridized carbons (Fsp3) is 0. The second-order valence-electron chi connectivity index (χ2n) is 4.53. The van der Waals surface area contributed by atoms with Crippen molar-refractivity contribution in [2.24, 2.45) is 0 Å². The fourth-order valence-corrected chi connectivity index (χ4v) is 2.12. The number of nitriles is 1. The average Bonchev–Trinajstić information content (AvgIpc) is 2.92. The first-order chi connectivity index (χ1) is 10.2. The van der Waals surface area contributed by atoms with E-state index in [4.69, 9.17) is 0 Å². The van der Waals surface area contributed by atoms with Crippen LogP contribution in [-0.4, -0.2) is 20.4 Å². The minimum atomic E-state index is 0.159. The molecular weight excluding hydrogens is 266 g/mol. The Kier molecular flexibility index (Phi) is 3.05. The van der Waals surface area contributed by atoms with Gasteiger partial charge in [0.25, 0.3) is 0 Å². The number of phenolic OH excluding ortho intramolecular Hbond substituents is 2. The highest BCUT2D eigenvalue weighted by Crippen LogP contribution is 2.30. The van der Waals surface area contributed by atoms with E-state index in [9.17, 15) is 15.5 Å². The molecular formula is C16H11N3O2. The van der Waals surface area contributed by atoms with Crippen LogP contribution in [0, 0.1) is 11.3 Å². The SMILES string of the molecule is N#Cc1c(-c2ccc(O)cc2)n[nH]c1-c1ccc(O)cc1. The molecule has 0 amide bonds. The summed E-state index contributed by atoms with van der Waals surface area (Å²) in [5.74, 6) is 0.321. The Morgan fingerprint density at radius 2 is 1.38 bits per heavy atom. The van der Waals surface area contributed by atoms with Crippen LogP contribution in [0.15, 0.2) is 48.5 Å². The van der Waals surface area contributed by atoms with E-state index in [1.54, 1.807) is 48.5 Å². The molecule has 0 spiro atoms. The molecule has 5 nitrogen and oxygen atoms in total. The summed E-state index contributed by atoms with van der Waals surface area (Å²) in [5, 5.41) is 35.1. The maximum atomic E-state index is 9.41. The maximum absolute atomic E-state index is 9.41. The van der Waals surface area contributed by atoms with Gasteiger partial charge in [-0.25, -0.2) is 0 Å². The van der Waals surface area contributed by atoms with E-state index in [0.29, 0.717) is 17.0 Å². The number of aromatic hydroxyl groups is 2. The predicted octanol–water partition coefficient (Wildman–Crippen LogP) is 3.03. The van der Waals surface area contributed by atoms with Crippen molar-refractivity contribution in [1.29, 1.82) is 5.26 Å². The lowest BCUT2D eigenvalue weighted by atomic mass is 10.0. The molecule has 3 rings (SSSR count). The molecule has 5 heteroatoms. The summed E-state index contributed by atoms with van der Waals surface area (Å²) in [5.41, 5.74) is 3.06. The van der Waals surface area contributed by atoms with Crippen LogP contribution in [0.1, 0.15) is 5.56 Å². The quantitative estimate of drug-likeness (QED) is 0.671. The van der Waals surface area contributed by atoms with E-state index < -0.39 is 0 Å². The van der Waals surface area contributed by atoms with Crippen LogP contribution in [0.5, 0.6) is 11.5 Å². The van der Waals surface area contributed by atoms with Crippen molar-refractivity contribution in [3.63, 3.8) is 0 Å². The number of benzene rings is 2. The van der Waals surface area contributed by atoms with Gasteiger partial charge < -0.3 is 10.2 Å². The molecule has 0 aliphatic carbocycles. The Labute approximate surface area is 120 Å². The minimum absolute atomic E-state index is 0.159. The summed E-state index contributed by atoms with van der Waals surface area (Å²) >= 11 is 0. The van der Waals surface area contributed by atoms with Crippen molar-refractivity contribution in [1.82, 2.24) is 10.2 Å². The number of rotatable bonds is 2. The first-order valence-corrected chi connectivity index (χ1v) is 6.26. The molecule has 0 saturated carbocycles. The molecule has 21 heavy (non-hydrogen) atoms. The van der Waals surface area contributed by atoms with Gasteiger partial charge in [-0.2, -0.15) is 10.4 Å². The van der Waals surface area contributed by atoms with E-state index in [1.807, 2.05) is 0 Å². The first kappa shape index (κ1) is 12.8. The lowest BCUT2D eigenvalue weighted by Gasteiger charge is -2.00. The molecule has 0 fully saturated rings. The van der Waals surface area contributed by atoms with Gasteiger partial charge in [-0.3, -0.25) is 5.10 Å². The Balaban J connectivity index is 2.11. The summed E-state index contributed by atoms with van der Waals surface area (Å²) < 4.78 is 0. The second kappa shape index (κ2) is 5.02. The number of nitrogens with one attached hydrogen (secondary N) is 1. The average molecular weight is 277 g/mol. The number of nitrogens with zero attached hydrogens (tertiary/aromatic N) is 2. The Hall–Kier alpha value is -3.26. The van der Waals surface area contributed by atoms with Gasteiger partial charge in [0.2, 0.25) is 0 Å². The molecule has 1 heterocycles. The van der Waals surface area contributed by atoms with Crippen molar-refractivity contribution in [3.05, 3.63) is 54.1 Å². The van der Waals surface area contributed by atoms with Crippen molar-refractivity contribution in [2.45, 2.75) is 0 Å². The number of aromatic nitrogens is 2. The number of hydrogen-bond donors (Lipinski definition) is 3. The minimum Gasteiger partial charge on any atom is -0.508 e. The van der Waals surface area contributed by atoms with Gasteiger partial charge >= 0.3 is 0 Å². The highest BCUT2D eigenvalue weighted by atomic mass is 16.3. The Morgan fingerprint density at radius 1 is 0.857 bits per heavy atom. The molecule has 102 valence electrons. The second-order valence-corrected chi connectivity index (χ2v) is 4.53. The van der Waals surface area contributed by atoms with Gasteiger partial charge in [0.05, 0.1) is 5.69 Å². The summed E-state index contributed by atoms with van der Waals surface area (Å²) in [6, 6.07) is 15.2. The zero-order valence-corrected chi connectivity index (χ0v) is 10.9. The molecule has 0 bridgehead atoms. The van der Waals surface area contributed by atoms with E-state index >= 15 is 0 Å². The van der Waals surface area contributed by atoms with Crippen molar-refractivity contribution < 1.29 is 10.2 Å². The van der Waals surface area contributed by atoms with Crippen LogP contribution in [-0.2, 0) is 0 Å². The molecule has 2 aromatic carbocycles. The van der Waals surface area contributed by atoms with Gasteiger partial charge in [0.15, 0.2) is 0 Å². The van der Waals surface area contributed by atoms with Gasteiger partial charge in [-0.1, -0.05) is 0 Å². The van der Waals surface area contributed by atoms with E-state index in [-0.39, 0.29) is 11.5 Å². The first-order valence-electron chi connectivity index (χ1n) is 6.26. The zero-order chi connectivity index (χ0) is 14.8. The topological polar surface area (TPSA) is 92.9 Å². The monoisotopic (exact) mass is 277 g/mol. The van der Waals surface area contributed by atoms with Crippen LogP contribution in [0.2, 0.25) is 0 Å². The molecule has 0 radical (unpaired) electrons. The molecule has 0 aliphatic rings. The number of hydrogen-bond acceptors (Lipinski definition) is 4. The van der Waals surface area contributed by atoms with E-state index in [1.165, 1.54) is 0 Å². The molecule has 1 aromatic heterocycles. The van der Waals surface area contributed by atoms with Crippen LogP contribution in [0.4, 0.5) is 0 Å². The third kappa shape index (κ3) is 2.30. The highest BCUT2D eigenvalue weighted by Gasteiger charge is 2.16. The van der Waals surface area contributed by atoms with Gasteiger partial charge in [0, 0.05) is 11.1 Å². The number of H-pyrrole nitrogens is 1. The molecule has 3 aromatic rings. The standard InChI is InChI=1S/C16H11N3O2/c17-9-14-15(10-1-5-12(20)6-2-10)18-19-16(14)11-3-7-13(21)8-4-11/h1-8,20-21H,(H,18,19). The smallest absolute Gasteiger partial charge is 0.115 e. The summed E-state index contributed by atoms with van der Waals surface area (Å²) in [7, 11) is 0. The summed E-state index contributed by atoms with van der Waals surface area (Å²) in [6.07, 6.45) is 0. The zero-order valence-electron chi connectivity index (χ0n) is 10.9. The molecule has 0 atom stereocenters. The van der Waals surface area contributed by atoms with Gasteiger partial charge in [0.1, 0.15) is 28.8 Å². The highest BCUT2D eigenvalue weighted by molar-refractivity contribution is 5.78. The van der Waals surface area contributed by atoms with Crippen molar-refractivity contribution >= 4 is 0 Å². The maximum Gasteiger partial charge on any atom is 0.115 e. The molecule has 0 saturated heterocycles. The Bertz CT molecular complexity index is 749. The third-order valence-corrected chi connectivity index (χ3v) is 3.17. The summed E-state index contributed by atoms with van der Waals surface area (Å²) in [6.45, 7) is 0. The normalized spacial score (nSPS) is 10.2. The van der Waals surface area contributed by atoms with Crippen LogP contribution < -0.4 is 0 Å². The molecule has 0 unspecified atom stereocenters. The van der Waals surface area contributed by atoms with Gasteiger partial charge in [-0.15, -0.1) is 0 Å². The largest absolute Gasteiger partial charge is 0.508 e. The third-order valence-electron chi connectivity index (χ3n) is 3.17. The van der Waals surface area contributed by atoms with Crippen molar-refractivity contribution in [2.75, 3.05) is 0 Å². The molecule has 3 N–H and O–H groups in total. The lowest BCUT2D eigenvalue weighted by Crippen LogP contribution is -1.83. The van der Waals surface area contributed by atoms with Crippen molar-refractivity contribution in [3.8, 4) is 40.1 Å². The number of aromatic amines is 1. The lowest BCUT2D eigenvalue weighted by molar-refractivity contribution is 0.475. The fourth-order valence-electron chi connectivity index (χ4n) is 2.12.